The van der Waals surface area contributed by atoms with Crippen LogP contribution >= 0.6 is 0 Å². The lowest BCUT2D eigenvalue weighted by atomic mass is 9.89. The molecular weight excluding hydrogens is 172 g/mol. The first-order valence-corrected chi connectivity index (χ1v) is 5.86. The zero-order valence-corrected chi connectivity index (χ0v) is 9.24. The number of hydrogen-bond donors (Lipinski definition) is 0. The van der Waals surface area contributed by atoms with Crippen molar-refractivity contribution < 1.29 is 0 Å². The molecule has 78 valence electrons. The van der Waals surface area contributed by atoms with E-state index >= 15 is 0 Å². The monoisotopic (exact) mass is 192 g/mol. The molecule has 1 heterocycles. The summed E-state index contributed by atoms with van der Waals surface area (Å²) in [5, 5.41) is 8.80. The van der Waals surface area contributed by atoms with E-state index in [2.05, 4.69) is 24.8 Å². The van der Waals surface area contributed by atoms with Gasteiger partial charge >= 0.3 is 0 Å². The third-order valence-corrected chi connectivity index (χ3v) is 3.68. The van der Waals surface area contributed by atoms with Crippen molar-refractivity contribution in [2.24, 2.45) is 11.8 Å². The van der Waals surface area contributed by atoms with Crippen molar-refractivity contribution in [2.45, 2.75) is 51.6 Å². The smallest absolute Gasteiger partial charge is 0.0625 e. The fourth-order valence-electron chi connectivity index (χ4n) is 3.01. The summed E-state index contributed by atoms with van der Waals surface area (Å²) in [5.74, 6) is 1.34. The summed E-state index contributed by atoms with van der Waals surface area (Å²) in [6.45, 7) is 5.84. The topological polar surface area (TPSA) is 27.0 Å². The molecule has 2 unspecified atom stereocenters. The maximum absolute atomic E-state index is 8.80. The van der Waals surface area contributed by atoms with Crippen LogP contribution in [0.2, 0.25) is 0 Å². The van der Waals surface area contributed by atoms with Crippen molar-refractivity contribution in [3.8, 4) is 6.07 Å². The molecule has 0 aromatic rings. The van der Waals surface area contributed by atoms with Crippen LogP contribution < -0.4 is 0 Å². The van der Waals surface area contributed by atoms with Gasteiger partial charge < -0.3 is 0 Å². The summed E-state index contributed by atoms with van der Waals surface area (Å²) in [7, 11) is 0. The molecule has 14 heavy (non-hydrogen) atoms. The van der Waals surface area contributed by atoms with E-state index < -0.39 is 0 Å². The molecule has 0 amide bonds. The van der Waals surface area contributed by atoms with Gasteiger partial charge in [-0.1, -0.05) is 13.8 Å². The lowest BCUT2D eigenvalue weighted by Crippen LogP contribution is -2.38. The Bertz CT molecular complexity index is 237. The molecule has 1 aliphatic carbocycles. The molecule has 2 aliphatic rings. The molecule has 1 saturated heterocycles. The van der Waals surface area contributed by atoms with Crippen LogP contribution in [0.1, 0.15) is 39.5 Å². The fraction of sp³-hybridized carbons (Fsp3) is 0.917. The summed E-state index contributed by atoms with van der Waals surface area (Å²) in [6.07, 6.45) is 4.78. The molecule has 0 N–H and O–H groups in total. The Kier molecular flexibility index (Phi) is 2.78. The van der Waals surface area contributed by atoms with Crippen molar-refractivity contribution >= 4 is 0 Å². The van der Waals surface area contributed by atoms with Crippen molar-refractivity contribution in [3.63, 3.8) is 0 Å². The first-order valence-electron chi connectivity index (χ1n) is 5.86. The molecule has 2 fully saturated rings. The second-order valence-corrected chi connectivity index (χ2v) is 5.11. The Labute approximate surface area is 86.9 Å². The van der Waals surface area contributed by atoms with E-state index in [1.54, 1.807) is 0 Å². The van der Waals surface area contributed by atoms with Crippen LogP contribution in [0.25, 0.3) is 0 Å². The first-order chi connectivity index (χ1) is 6.74. The van der Waals surface area contributed by atoms with Gasteiger partial charge in [-0.15, -0.1) is 0 Å². The van der Waals surface area contributed by atoms with E-state index in [0.717, 1.165) is 12.5 Å². The fourth-order valence-corrected chi connectivity index (χ4v) is 3.01. The molecule has 0 aromatic carbocycles. The van der Waals surface area contributed by atoms with E-state index in [0.29, 0.717) is 17.9 Å². The van der Waals surface area contributed by atoms with Gasteiger partial charge in [0.1, 0.15) is 0 Å². The molecule has 1 aliphatic heterocycles. The second-order valence-electron chi connectivity index (χ2n) is 5.11. The van der Waals surface area contributed by atoms with Crippen molar-refractivity contribution in [1.82, 2.24) is 4.90 Å². The highest BCUT2D eigenvalue weighted by atomic mass is 15.2. The van der Waals surface area contributed by atoms with Crippen LogP contribution in [0.5, 0.6) is 0 Å². The summed E-state index contributed by atoms with van der Waals surface area (Å²) in [5.41, 5.74) is 0. The van der Waals surface area contributed by atoms with Crippen molar-refractivity contribution in [1.29, 1.82) is 5.26 Å². The van der Waals surface area contributed by atoms with Gasteiger partial charge in [0.05, 0.1) is 6.07 Å². The molecule has 2 atom stereocenters. The lowest BCUT2D eigenvalue weighted by Gasteiger charge is -2.30. The van der Waals surface area contributed by atoms with Gasteiger partial charge in [0.2, 0.25) is 0 Å². The van der Waals surface area contributed by atoms with E-state index in [4.69, 9.17) is 5.26 Å². The number of hydrogen-bond acceptors (Lipinski definition) is 2. The summed E-state index contributed by atoms with van der Waals surface area (Å²) >= 11 is 0. The first kappa shape index (κ1) is 9.98. The molecule has 0 spiro atoms. The maximum Gasteiger partial charge on any atom is 0.0625 e. The molecule has 0 bridgehead atoms. The molecule has 2 nitrogen and oxygen atoms in total. The molecular formula is C12H20N2. The highest BCUT2D eigenvalue weighted by molar-refractivity contribution is 4.99. The van der Waals surface area contributed by atoms with E-state index in [9.17, 15) is 0 Å². The Morgan fingerprint density at radius 2 is 2.07 bits per heavy atom. The summed E-state index contributed by atoms with van der Waals surface area (Å²) < 4.78 is 0. The minimum atomic E-state index is 0.639. The highest BCUT2D eigenvalue weighted by Gasteiger charge is 2.42. The number of nitrogens with zero attached hydrogens (tertiary/aromatic N) is 2. The van der Waals surface area contributed by atoms with Gasteiger partial charge in [0, 0.05) is 18.5 Å². The lowest BCUT2D eigenvalue weighted by molar-refractivity contribution is 0.168. The van der Waals surface area contributed by atoms with Crippen LogP contribution in [0.3, 0.4) is 0 Å². The number of likely N-dealkylation sites (tertiary alicyclic amines) is 1. The average molecular weight is 192 g/mol. The largest absolute Gasteiger partial charge is 0.297 e. The predicted octanol–water partition coefficient (Wildman–Crippen LogP) is 2.41. The number of rotatable bonds is 3. The standard InChI is InChI=1S/C12H20N2/c1-9(2)12-10(5-7-13)6-8-14(12)11-3-4-11/h9-12H,3-6,8H2,1-2H3. The van der Waals surface area contributed by atoms with E-state index in [1.807, 2.05) is 0 Å². The third-order valence-electron chi connectivity index (χ3n) is 3.68. The van der Waals surface area contributed by atoms with Crippen molar-refractivity contribution in [2.75, 3.05) is 6.54 Å². The third kappa shape index (κ3) is 1.79. The quantitative estimate of drug-likeness (QED) is 0.686. The zero-order valence-electron chi connectivity index (χ0n) is 9.24. The van der Waals surface area contributed by atoms with E-state index in [1.165, 1.54) is 25.8 Å². The second kappa shape index (κ2) is 3.90. The van der Waals surface area contributed by atoms with Gasteiger partial charge in [-0.25, -0.2) is 0 Å². The SMILES string of the molecule is CC(C)C1C(CC#N)CCN1C1CC1. The molecule has 0 radical (unpaired) electrons. The maximum atomic E-state index is 8.80. The Morgan fingerprint density at radius 3 is 2.57 bits per heavy atom. The number of nitriles is 1. The molecule has 2 heteroatoms. The predicted molar refractivity (Wildman–Crippen MR) is 56.7 cm³/mol. The summed E-state index contributed by atoms with van der Waals surface area (Å²) in [6, 6.07) is 3.90. The van der Waals surface area contributed by atoms with Crippen LogP contribution in [0.4, 0.5) is 0 Å². The minimum absolute atomic E-state index is 0.639. The van der Waals surface area contributed by atoms with Crippen LogP contribution in [0.15, 0.2) is 0 Å². The Hall–Kier alpha value is -0.550. The molecule has 2 rings (SSSR count). The summed E-state index contributed by atoms with van der Waals surface area (Å²) in [4.78, 5) is 2.67. The molecule has 0 aromatic heterocycles. The average Bonchev–Trinajstić information content (AvgIpc) is 2.88. The van der Waals surface area contributed by atoms with Gasteiger partial charge in [-0.3, -0.25) is 4.90 Å². The minimum Gasteiger partial charge on any atom is -0.297 e. The van der Waals surface area contributed by atoms with Gasteiger partial charge in [0.25, 0.3) is 0 Å². The van der Waals surface area contributed by atoms with Crippen LogP contribution in [0, 0.1) is 23.2 Å². The zero-order chi connectivity index (χ0) is 10.1. The normalized spacial score (nSPS) is 33.6. The van der Waals surface area contributed by atoms with Crippen LogP contribution in [-0.4, -0.2) is 23.5 Å². The van der Waals surface area contributed by atoms with E-state index in [-0.39, 0.29) is 0 Å². The Morgan fingerprint density at radius 1 is 1.36 bits per heavy atom. The molecule has 1 saturated carbocycles. The van der Waals surface area contributed by atoms with Gasteiger partial charge in [0.15, 0.2) is 0 Å². The highest BCUT2D eigenvalue weighted by Crippen LogP contribution is 2.39. The van der Waals surface area contributed by atoms with Crippen molar-refractivity contribution in [3.05, 3.63) is 0 Å². The van der Waals surface area contributed by atoms with Gasteiger partial charge in [-0.2, -0.15) is 5.26 Å². The van der Waals surface area contributed by atoms with Gasteiger partial charge in [-0.05, 0) is 37.6 Å². The Balaban J connectivity index is 2.03. The van der Waals surface area contributed by atoms with Crippen LogP contribution in [-0.2, 0) is 0 Å².